The van der Waals surface area contributed by atoms with Crippen LogP contribution in [0.5, 0.6) is 0 Å². The maximum absolute atomic E-state index is 10.5. The molecule has 0 heterocycles. The van der Waals surface area contributed by atoms with Crippen LogP contribution in [0.25, 0.3) is 0 Å². The zero-order valence-electron chi connectivity index (χ0n) is 17.5. The molecule has 4 aliphatic carbocycles. The van der Waals surface area contributed by atoms with E-state index in [2.05, 4.69) is 17.5 Å². The van der Waals surface area contributed by atoms with Crippen LogP contribution in [0.15, 0.2) is 0 Å². The molecule has 0 aromatic heterocycles. The molecule has 4 fully saturated rings. The van der Waals surface area contributed by atoms with Crippen molar-refractivity contribution in [3.63, 3.8) is 0 Å². The Morgan fingerprint density at radius 2 is 1.33 bits per heavy atom. The van der Waals surface area contributed by atoms with Crippen molar-refractivity contribution in [1.82, 2.24) is 0 Å². The molecule has 0 saturated heterocycles. The quantitative estimate of drug-likeness (QED) is 0.444. The van der Waals surface area contributed by atoms with Crippen molar-refractivity contribution < 1.29 is 39.8 Å². The molecule has 0 radical (unpaired) electrons. The first kappa shape index (κ1) is 24.3. The highest BCUT2D eigenvalue weighted by Crippen LogP contribution is 2.66. The molecular formula is C19H34O9S2. The fourth-order valence-electron chi connectivity index (χ4n) is 7.32. The van der Waals surface area contributed by atoms with Gasteiger partial charge in [0.2, 0.25) is 0 Å². The van der Waals surface area contributed by atoms with Crippen molar-refractivity contribution in [1.29, 1.82) is 0 Å². The predicted octanol–water partition coefficient (Wildman–Crippen LogP) is 2.36. The minimum absolute atomic E-state index is 0.0400. The van der Waals surface area contributed by atoms with Crippen molar-refractivity contribution in [3.05, 3.63) is 0 Å². The average Bonchev–Trinajstić information content (AvgIpc) is 2.88. The van der Waals surface area contributed by atoms with Crippen molar-refractivity contribution in [3.8, 4) is 0 Å². The third-order valence-corrected chi connectivity index (χ3v) is 10.1. The van der Waals surface area contributed by atoms with E-state index in [1.54, 1.807) is 0 Å². The fraction of sp³-hybridized carbons (Fsp3) is 1.00. The van der Waals surface area contributed by atoms with E-state index in [1.165, 1.54) is 38.5 Å². The summed E-state index contributed by atoms with van der Waals surface area (Å²) in [6.45, 7) is 4.90. The minimum Gasteiger partial charge on any atom is -0.393 e. The number of hydrogen-bond acceptors (Lipinski definition) is 7. The maximum atomic E-state index is 10.5. The molecule has 4 rings (SSSR count). The van der Waals surface area contributed by atoms with Crippen LogP contribution in [0.2, 0.25) is 0 Å². The van der Waals surface area contributed by atoms with Crippen molar-refractivity contribution >= 4 is 20.8 Å². The molecule has 0 spiro atoms. The topological polar surface area (TPSA) is 158 Å². The molecule has 4 N–H and O–H groups in total. The Morgan fingerprint density at radius 3 is 1.90 bits per heavy atom. The lowest BCUT2D eigenvalue weighted by atomic mass is 9.45. The molecule has 0 unspecified atom stereocenters. The third kappa shape index (κ3) is 4.87. The second-order valence-electron chi connectivity index (χ2n) is 10.1. The Kier molecular flexibility index (Phi) is 6.69. The Bertz CT molecular complexity index is 812. The molecule has 0 aromatic rings. The van der Waals surface area contributed by atoms with Crippen LogP contribution < -0.4 is 0 Å². The van der Waals surface area contributed by atoms with Crippen molar-refractivity contribution in [2.75, 3.05) is 0 Å². The molecule has 0 bridgehead atoms. The molecule has 11 heteroatoms. The van der Waals surface area contributed by atoms with Crippen molar-refractivity contribution in [2.45, 2.75) is 83.8 Å². The smallest absolute Gasteiger partial charge is 0.393 e. The van der Waals surface area contributed by atoms with E-state index in [-0.39, 0.29) is 17.6 Å². The van der Waals surface area contributed by atoms with Gasteiger partial charge in [-0.3, -0.25) is 9.11 Å². The van der Waals surface area contributed by atoms with Crippen LogP contribution >= 0.6 is 0 Å². The lowest BCUT2D eigenvalue weighted by Gasteiger charge is -2.60. The molecule has 176 valence electrons. The highest BCUT2D eigenvalue weighted by atomic mass is 32.3. The summed E-state index contributed by atoms with van der Waals surface area (Å²) in [5.74, 6) is 3.21. The summed E-state index contributed by atoms with van der Waals surface area (Å²) in [7, 11) is -10.2. The molecule has 0 amide bonds. The van der Waals surface area contributed by atoms with Gasteiger partial charge >= 0.3 is 20.8 Å². The van der Waals surface area contributed by atoms with Gasteiger partial charge in [-0.05, 0) is 92.3 Å². The van der Waals surface area contributed by atoms with Crippen LogP contribution in [0.3, 0.4) is 0 Å². The normalized spacial score (nSPS) is 46.1. The lowest BCUT2D eigenvalue weighted by Crippen LogP contribution is -2.54. The highest BCUT2D eigenvalue weighted by molar-refractivity contribution is 7.94. The van der Waals surface area contributed by atoms with E-state index in [0.717, 1.165) is 42.9 Å². The second kappa shape index (κ2) is 8.24. The first-order valence-electron chi connectivity index (χ1n) is 10.7. The predicted molar refractivity (Wildman–Crippen MR) is 108 cm³/mol. The summed E-state index contributed by atoms with van der Waals surface area (Å²) in [4.78, 5) is 0. The maximum Gasteiger partial charge on any atom is 0.413 e. The van der Waals surface area contributed by atoms with Gasteiger partial charge < -0.3 is 10.2 Å². The summed E-state index contributed by atoms with van der Waals surface area (Å²) >= 11 is 0. The molecule has 4 aliphatic rings. The van der Waals surface area contributed by atoms with Crippen LogP contribution in [0.1, 0.15) is 71.6 Å². The van der Waals surface area contributed by atoms with Gasteiger partial charge in [-0.15, -0.1) is 3.63 Å². The average molecular weight is 471 g/mol. The lowest BCUT2D eigenvalue weighted by molar-refractivity contribution is -0.133. The monoisotopic (exact) mass is 470 g/mol. The first-order valence-corrected chi connectivity index (χ1v) is 13.4. The summed E-state index contributed by atoms with van der Waals surface area (Å²) in [5, 5.41) is 20.5. The van der Waals surface area contributed by atoms with Crippen LogP contribution in [0, 0.1) is 34.5 Å². The van der Waals surface area contributed by atoms with E-state index in [9.17, 15) is 27.0 Å². The number of rotatable bonds is 2. The van der Waals surface area contributed by atoms with Gasteiger partial charge in [-0.1, -0.05) is 13.8 Å². The van der Waals surface area contributed by atoms with Gasteiger partial charge in [-0.2, -0.15) is 16.8 Å². The number of aliphatic hydroxyl groups is 2. The molecule has 9 nitrogen and oxygen atoms in total. The van der Waals surface area contributed by atoms with Gasteiger partial charge in [0.25, 0.3) is 0 Å². The van der Waals surface area contributed by atoms with Crippen molar-refractivity contribution in [2.24, 2.45) is 34.5 Å². The molecule has 0 aromatic carbocycles. The number of hydrogen-bond donors (Lipinski definition) is 4. The summed E-state index contributed by atoms with van der Waals surface area (Å²) in [6, 6.07) is 0. The molecule has 30 heavy (non-hydrogen) atoms. The number of aliphatic hydroxyl groups excluding tert-OH is 2. The molecule has 4 saturated carbocycles. The van der Waals surface area contributed by atoms with E-state index >= 15 is 0 Å². The Morgan fingerprint density at radius 1 is 0.767 bits per heavy atom. The van der Waals surface area contributed by atoms with E-state index < -0.39 is 20.8 Å². The Labute approximate surface area is 179 Å². The van der Waals surface area contributed by atoms with Gasteiger partial charge in [0.05, 0.1) is 12.2 Å². The van der Waals surface area contributed by atoms with Gasteiger partial charge in [0.15, 0.2) is 0 Å². The first-order chi connectivity index (χ1) is 13.7. The standard InChI is InChI=1S/C19H32O2.H2O7S2/c1-18-9-7-13(20)11-12(18)3-4-14-15-5-6-17(21)19(15,2)10-8-16(14)18;1-8(2,3)7-9(4,5)6/h12-17,20-21H,3-11H2,1-2H3;(H,1,2,3)(H,4,5,6)/t12-,13+,14-,15-,16-,17+,18-,19-;/m0./s1. The summed E-state index contributed by atoms with van der Waals surface area (Å²) in [5.41, 5.74) is 0.676. The van der Waals surface area contributed by atoms with Crippen LogP contribution in [0.4, 0.5) is 0 Å². The summed E-state index contributed by atoms with van der Waals surface area (Å²) < 4.78 is 55.6. The van der Waals surface area contributed by atoms with Gasteiger partial charge in [0, 0.05) is 0 Å². The van der Waals surface area contributed by atoms with Gasteiger partial charge in [-0.25, -0.2) is 0 Å². The van der Waals surface area contributed by atoms with Gasteiger partial charge in [0.1, 0.15) is 0 Å². The molecule has 8 atom stereocenters. The molecular weight excluding hydrogens is 436 g/mol. The third-order valence-electron chi connectivity index (χ3n) is 8.76. The SMILES string of the molecule is C[C@]12CC[C@@H](O)C[C@@H]1CC[C@@H]1[C@@H]2CC[C@]2(C)[C@H](O)CC[C@@H]12.O=S(=O)(O)OS(=O)(=O)O. The van der Waals surface area contributed by atoms with Crippen LogP contribution in [-0.4, -0.2) is 48.4 Å². The van der Waals surface area contributed by atoms with E-state index in [1.807, 2.05) is 0 Å². The molecule has 0 aliphatic heterocycles. The number of fused-ring (bicyclic) bond motifs is 5. The fourth-order valence-corrected chi connectivity index (χ4v) is 8.19. The summed E-state index contributed by atoms with van der Waals surface area (Å²) in [6.07, 6.45) is 10.7. The Balaban J connectivity index is 0.000000244. The largest absolute Gasteiger partial charge is 0.413 e. The minimum atomic E-state index is -5.12. The zero-order valence-corrected chi connectivity index (χ0v) is 19.1. The van der Waals surface area contributed by atoms with Crippen LogP contribution in [-0.2, 0) is 24.4 Å². The van der Waals surface area contributed by atoms with E-state index in [4.69, 9.17) is 9.11 Å². The van der Waals surface area contributed by atoms with E-state index in [0.29, 0.717) is 5.41 Å². The highest BCUT2D eigenvalue weighted by Gasteiger charge is 2.59. The Hall–Kier alpha value is -0.300. The zero-order chi connectivity index (χ0) is 22.5. The second-order valence-corrected chi connectivity index (χ2v) is 12.4.